The van der Waals surface area contributed by atoms with Crippen LogP contribution in [0.15, 0.2) is 27.2 Å². The van der Waals surface area contributed by atoms with E-state index in [1.54, 1.807) is 6.07 Å². The van der Waals surface area contributed by atoms with E-state index in [9.17, 15) is 0 Å². The highest BCUT2D eigenvalue weighted by Crippen LogP contribution is 2.33. The first-order chi connectivity index (χ1) is 9.67. The summed E-state index contributed by atoms with van der Waals surface area (Å²) < 4.78 is 11.8. The Bertz CT molecular complexity index is 619. The first kappa shape index (κ1) is 14.0. The van der Waals surface area contributed by atoms with Gasteiger partial charge in [-0.15, -0.1) is 0 Å². The Morgan fingerprint density at radius 1 is 1.40 bits per heavy atom. The Morgan fingerprint density at radius 2 is 2.25 bits per heavy atom. The van der Waals surface area contributed by atoms with Crippen molar-refractivity contribution in [3.05, 3.63) is 33.6 Å². The van der Waals surface area contributed by atoms with Gasteiger partial charge in [0.2, 0.25) is 5.82 Å². The van der Waals surface area contributed by atoms with Crippen molar-refractivity contribution < 1.29 is 9.26 Å². The van der Waals surface area contributed by atoms with Gasteiger partial charge >= 0.3 is 0 Å². The second-order valence-corrected chi connectivity index (χ2v) is 5.91. The topological polar surface area (TPSA) is 74.2 Å². The van der Waals surface area contributed by atoms with Crippen molar-refractivity contribution in [3.63, 3.8) is 0 Å². The number of nitrogens with two attached hydrogens (primary N) is 1. The molecule has 1 saturated heterocycles. The summed E-state index contributed by atoms with van der Waals surface area (Å²) in [6.07, 6.45) is 1.71. The highest BCUT2D eigenvalue weighted by atomic mass is 79.9. The summed E-state index contributed by atoms with van der Waals surface area (Å²) in [5, 5.41) is 4.63. The summed E-state index contributed by atoms with van der Waals surface area (Å²) in [6, 6.07) is 5.49. The van der Waals surface area contributed by atoms with Crippen LogP contribution in [0.1, 0.15) is 24.8 Å². The van der Waals surface area contributed by atoms with Crippen LogP contribution >= 0.6 is 27.5 Å². The van der Waals surface area contributed by atoms with Gasteiger partial charge in [0.1, 0.15) is 6.10 Å². The van der Waals surface area contributed by atoms with E-state index >= 15 is 0 Å². The molecule has 2 heterocycles. The maximum absolute atomic E-state index is 5.97. The van der Waals surface area contributed by atoms with Crippen molar-refractivity contribution in [1.29, 1.82) is 0 Å². The molecule has 0 amide bonds. The number of halogens is 2. The van der Waals surface area contributed by atoms with Crippen molar-refractivity contribution in [2.24, 2.45) is 5.73 Å². The predicted molar refractivity (Wildman–Crippen MR) is 78.3 cm³/mol. The van der Waals surface area contributed by atoms with Gasteiger partial charge in [-0.05, 0) is 47.0 Å². The van der Waals surface area contributed by atoms with Gasteiger partial charge in [-0.3, -0.25) is 0 Å². The molecule has 2 atom stereocenters. The average Bonchev–Trinajstić information content (AvgIpc) is 3.09. The fraction of sp³-hybridized carbons (Fsp3) is 0.385. The number of aromatic nitrogens is 2. The lowest BCUT2D eigenvalue weighted by Crippen LogP contribution is -2.18. The van der Waals surface area contributed by atoms with E-state index in [2.05, 4.69) is 26.1 Å². The van der Waals surface area contributed by atoms with Crippen LogP contribution in [-0.2, 0) is 4.74 Å². The van der Waals surface area contributed by atoms with Crippen molar-refractivity contribution >= 4 is 27.5 Å². The zero-order valence-corrected chi connectivity index (χ0v) is 12.9. The van der Waals surface area contributed by atoms with E-state index in [4.69, 9.17) is 26.6 Å². The summed E-state index contributed by atoms with van der Waals surface area (Å²) >= 11 is 9.34. The number of rotatable bonds is 3. The zero-order chi connectivity index (χ0) is 14.1. The predicted octanol–water partition coefficient (Wildman–Crippen LogP) is 3.33. The van der Waals surface area contributed by atoms with Crippen molar-refractivity contribution in [3.8, 4) is 11.4 Å². The Hall–Kier alpha value is -0.950. The van der Waals surface area contributed by atoms with E-state index in [-0.39, 0.29) is 12.2 Å². The van der Waals surface area contributed by atoms with Crippen molar-refractivity contribution in [2.75, 3.05) is 6.54 Å². The Labute approximate surface area is 129 Å². The fourth-order valence-electron chi connectivity index (χ4n) is 2.18. The number of ether oxygens (including phenoxy) is 1. The number of hydrogen-bond acceptors (Lipinski definition) is 5. The third-order valence-corrected chi connectivity index (χ3v) is 4.48. The van der Waals surface area contributed by atoms with Crippen molar-refractivity contribution in [1.82, 2.24) is 10.1 Å². The molecule has 1 aliphatic rings. The second-order valence-electron chi connectivity index (χ2n) is 4.64. The molecule has 0 saturated carbocycles. The Balaban J connectivity index is 1.81. The summed E-state index contributed by atoms with van der Waals surface area (Å²) in [5.41, 5.74) is 6.43. The third kappa shape index (κ3) is 2.74. The van der Waals surface area contributed by atoms with Gasteiger partial charge in [-0.2, -0.15) is 4.98 Å². The lowest BCUT2D eigenvalue weighted by atomic mass is 10.2. The van der Waals surface area contributed by atoms with E-state index in [1.807, 2.05) is 12.1 Å². The van der Waals surface area contributed by atoms with Crippen LogP contribution in [0, 0.1) is 0 Å². The van der Waals surface area contributed by atoms with E-state index < -0.39 is 0 Å². The molecule has 0 spiro atoms. The van der Waals surface area contributed by atoms with Crippen LogP contribution in [0.25, 0.3) is 11.4 Å². The second kappa shape index (κ2) is 5.81. The molecule has 20 heavy (non-hydrogen) atoms. The van der Waals surface area contributed by atoms with Crippen LogP contribution in [-0.4, -0.2) is 22.8 Å². The van der Waals surface area contributed by atoms with Gasteiger partial charge in [0, 0.05) is 16.6 Å². The lowest BCUT2D eigenvalue weighted by molar-refractivity contribution is 0.0307. The quantitative estimate of drug-likeness (QED) is 0.911. The fourth-order valence-corrected chi connectivity index (χ4v) is 2.68. The lowest BCUT2D eigenvalue weighted by Gasteiger charge is -2.07. The molecule has 3 rings (SSSR count). The highest BCUT2D eigenvalue weighted by Gasteiger charge is 2.30. The molecule has 0 radical (unpaired) electrons. The minimum atomic E-state index is -0.152. The van der Waals surface area contributed by atoms with Crippen LogP contribution in [0.3, 0.4) is 0 Å². The molecule has 0 bridgehead atoms. The largest absolute Gasteiger partial charge is 0.364 e. The van der Waals surface area contributed by atoms with Gasteiger partial charge in [0.15, 0.2) is 0 Å². The van der Waals surface area contributed by atoms with Gasteiger partial charge in [0.25, 0.3) is 5.89 Å². The maximum atomic E-state index is 5.97. The Kier molecular flexibility index (Phi) is 4.07. The van der Waals surface area contributed by atoms with E-state index in [0.717, 1.165) is 22.9 Å². The van der Waals surface area contributed by atoms with Gasteiger partial charge in [-0.1, -0.05) is 16.8 Å². The van der Waals surface area contributed by atoms with Crippen LogP contribution < -0.4 is 5.73 Å². The van der Waals surface area contributed by atoms with Gasteiger partial charge in [0.05, 0.1) is 11.1 Å². The molecule has 1 aromatic carbocycles. The maximum Gasteiger partial charge on any atom is 0.256 e. The van der Waals surface area contributed by atoms with Crippen LogP contribution in [0.2, 0.25) is 5.02 Å². The normalized spacial score (nSPS) is 22.4. The molecule has 1 aliphatic heterocycles. The smallest absolute Gasteiger partial charge is 0.256 e. The number of benzene rings is 1. The van der Waals surface area contributed by atoms with E-state index in [1.165, 1.54) is 0 Å². The molecule has 1 fully saturated rings. The minimum absolute atomic E-state index is 0.0834. The summed E-state index contributed by atoms with van der Waals surface area (Å²) in [6.45, 7) is 0.516. The third-order valence-electron chi connectivity index (χ3n) is 3.27. The molecule has 0 aliphatic carbocycles. The average molecular weight is 359 g/mol. The van der Waals surface area contributed by atoms with Crippen LogP contribution in [0.4, 0.5) is 0 Å². The molecule has 1 aromatic heterocycles. The first-order valence-electron chi connectivity index (χ1n) is 6.32. The number of hydrogen-bond donors (Lipinski definition) is 1. The molecular weight excluding hydrogens is 346 g/mol. The van der Waals surface area contributed by atoms with Gasteiger partial charge < -0.3 is 15.0 Å². The first-order valence-corrected chi connectivity index (χ1v) is 7.49. The molecule has 7 heteroatoms. The molecule has 106 valence electrons. The van der Waals surface area contributed by atoms with Crippen LogP contribution in [0.5, 0.6) is 0 Å². The standard InChI is InChI=1S/C13H13BrClN3O2/c14-9-5-7(1-3-10(9)15)12-17-13(20-18-12)11-4-2-8(6-16)19-11/h1,3,5,8,11H,2,4,6,16H2. The monoisotopic (exact) mass is 357 g/mol. The highest BCUT2D eigenvalue weighted by molar-refractivity contribution is 9.10. The minimum Gasteiger partial charge on any atom is -0.364 e. The Morgan fingerprint density at radius 3 is 2.95 bits per heavy atom. The molecule has 2 aromatic rings. The number of nitrogens with zero attached hydrogens (tertiary/aromatic N) is 2. The van der Waals surface area contributed by atoms with Gasteiger partial charge in [-0.25, -0.2) is 0 Å². The summed E-state index contributed by atoms with van der Waals surface area (Å²) in [5.74, 6) is 1.03. The molecular formula is C13H13BrClN3O2. The summed E-state index contributed by atoms with van der Waals surface area (Å²) in [4.78, 5) is 4.39. The molecule has 5 nitrogen and oxygen atoms in total. The summed E-state index contributed by atoms with van der Waals surface area (Å²) in [7, 11) is 0. The zero-order valence-electron chi connectivity index (χ0n) is 10.6. The molecule has 2 N–H and O–H groups in total. The molecule has 2 unspecified atom stereocenters. The SMILES string of the molecule is NCC1CCC(c2nc(-c3ccc(Cl)c(Br)c3)no2)O1. The van der Waals surface area contributed by atoms with E-state index in [0.29, 0.717) is 23.3 Å². The van der Waals surface area contributed by atoms with Crippen molar-refractivity contribution in [2.45, 2.75) is 25.0 Å².